The van der Waals surface area contributed by atoms with E-state index in [4.69, 9.17) is 0 Å². The van der Waals surface area contributed by atoms with Gasteiger partial charge < -0.3 is 0 Å². The number of halogens is 3. The zero-order valence-electron chi connectivity index (χ0n) is 5.42. The van der Waals surface area contributed by atoms with E-state index in [2.05, 4.69) is 4.98 Å². The first-order valence-electron chi connectivity index (χ1n) is 2.68. The standard InChI is InChI=1S/C5HF3N2O2/c6-3-1-2(10(11)12)4(7)5(8)9-3/h1H. The molecule has 7 heteroatoms. The van der Waals surface area contributed by atoms with Crippen LogP contribution in [-0.4, -0.2) is 9.91 Å². The fourth-order valence-electron chi connectivity index (χ4n) is 0.590. The smallest absolute Gasteiger partial charge is 0.258 e. The lowest BCUT2D eigenvalue weighted by atomic mass is 10.4. The molecule has 0 atom stereocenters. The number of nitrogens with zero attached hydrogens (tertiary/aromatic N) is 2. The van der Waals surface area contributed by atoms with Crippen LogP contribution in [0.25, 0.3) is 0 Å². The molecule has 64 valence electrons. The maximum atomic E-state index is 12.4. The van der Waals surface area contributed by atoms with Crippen LogP contribution in [0.2, 0.25) is 0 Å². The fourth-order valence-corrected chi connectivity index (χ4v) is 0.590. The Balaban J connectivity index is 3.37. The van der Waals surface area contributed by atoms with E-state index in [9.17, 15) is 23.3 Å². The van der Waals surface area contributed by atoms with Crippen molar-refractivity contribution < 1.29 is 18.1 Å². The molecule has 12 heavy (non-hydrogen) atoms. The first-order valence-corrected chi connectivity index (χ1v) is 2.68. The van der Waals surface area contributed by atoms with E-state index in [1.165, 1.54) is 0 Å². The first kappa shape index (κ1) is 8.44. The minimum Gasteiger partial charge on any atom is -0.258 e. The van der Waals surface area contributed by atoms with Crippen molar-refractivity contribution in [1.29, 1.82) is 0 Å². The van der Waals surface area contributed by atoms with Gasteiger partial charge in [0.05, 0.1) is 11.0 Å². The van der Waals surface area contributed by atoms with E-state index >= 15 is 0 Å². The van der Waals surface area contributed by atoms with Gasteiger partial charge in [-0.05, 0) is 0 Å². The summed E-state index contributed by atoms with van der Waals surface area (Å²) in [5.74, 6) is -5.01. The third-order valence-corrected chi connectivity index (χ3v) is 1.06. The van der Waals surface area contributed by atoms with E-state index in [0.717, 1.165) is 0 Å². The Kier molecular flexibility index (Phi) is 1.94. The molecule has 1 aromatic heterocycles. The number of hydrogen-bond acceptors (Lipinski definition) is 3. The van der Waals surface area contributed by atoms with Crippen molar-refractivity contribution in [2.24, 2.45) is 0 Å². The molecule has 0 bridgehead atoms. The van der Waals surface area contributed by atoms with Gasteiger partial charge in [0.2, 0.25) is 5.95 Å². The van der Waals surface area contributed by atoms with Crippen molar-refractivity contribution in [3.05, 3.63) is 33.9 Å². The molecule has 1 rings (SSSR count). The van der Waals surface area contributed by atoms with Crippen LogP contribution in [0.15, 0.2) is 6.07 Å². The van der Waals surface area contributed by atoms with Crippen LogP contribution in [0, 0.1) is 27.8 Å². The van der Waals surface area contributed by atoms with Gasteiger partial charge in [-0.15, -0.1) is 0 Å². The van der Waals surface area contributed by atoms with Crippen LogP contribution in [0.5, 0.6) is 0 Å². The highest BCUT2D eigenvalue weighted by Crippen LogP contribution is 2.18. The lowest BCUT2D eigenvalue weighted by molar-refractivity contribution is -0.388. The minimum atomic E-state index is -1.82. The van der Waals surface area contributed by atoms with Gasteiger partial charge in [-0.3, -0.25) is 10.1 Å². The molecule has 0 aliphatic heterocycles. The van der Waals surface area contributed by atoms with E-state index in [1.54, 1.807) is 0 Å². The van der Waals surface area contributed by atoms with Gasteiger partial charge in [-0.25, -0.2) is 0 Å². The van der Waals surface area contributed by atoms with Crippen LogP contribution in [-0.2, 0) is 0 Å². The minimum absolute atomic E-state index is 0.207. The molecule has 0 radical (unpaired) electrons. The van der Waals surface area contributed by atoms with Gasteiger partial charge in [0.15, 0.2) is 0 Å². The fraction of sp³-hybridized carbons (Fsp3) is 0. The average Bonchev–Trinajstić information content (AvgIpc) is 1.96. The Morgan fingerprint density at radius 3 is 2.50 bits per heavy atom. The summed E-state index contributed by atoms with van der Waals surface area (Å²) in [6, 6.07) is 0.207. The van der Waals surface area contributed by atoms with E-state index in [-0.39, 0.29) is 6.07 Å². The molecule has 0 spiro atoms. The Hall–Kier alpha value is -1.66. The van der Waals surface area contributed by atoms with Crippen LogP contribution >= 0.6 is 0 Å². The van der Waals surface area contributed by atoms with E-state index in [1.807, 2.05) is 0 Å². The van der Waals surface area contributed by atoms with Crippen LogP contribution in [0.3, 0.4) is 0 Å². The zero-order valence-corrected chi connectivity index (χ0v) is 5.42. The van der Waals surface area contributed by atoms with Crippen LogP contribution < -0.4 is 0 Å². The molecule has 0 aromatic carbocycles. The first-order chi connectivity index (χ1) is 5.52. The van der Waals surface area contributed by atoms with Crippen molar-refractivity contribution in [3.63, 3.8) is 0 Å². The van der Waals surface area contributed by atoms with E-state index < -0.39 is 28.3 Å². The zero-order chi connectivity index (χ0) is 9.30. The van der Waals surface area contributed by atoms with Gasteiger partial charge in [-0.2, -0.15) is 18.2 Å². The molecule has 4 nitrogen and oxygen atoms in total. The summed E-state index contributed by atoms with van der Waals surface area (Å²) in [6.45, 7) is 0. The molecule has 0 aliphatic carbocycles. The van der Waals surface area contributed by atoms with Gasteiger partial charge in [0, 0.05) is 0 Å². The predicted molar refractivity (Wildman–Crippen MR) is 30.8 cm³/mol. The van der Waals surface area contributed by atoms with Gasteiger partial charge in [0.25, 0.3) is 11.8 Å². The van der Waals surface area contributed by atoms with Gasteiger partial charge in [-0.1, -0.05) is 0 Å². The van der Waals surface area contributed by atoms with Gasteiger partial charge in [0.1, 0.15) is 0 Å². The number of nitro groups is 1. The summed E-state index contributed by atoms with van der Waals surface area (Å²) >= 11 is 0. The number of rotatable bonds is 1. The van der Waals surface area contributed by atoms with Crippen LogP contribution in [0.1, 0.15) is 0 Å². The molecule has 0 aliphatic rings. The predicted octanol–water partition coefficient (Wildman–Crippen LogP) is 1.41. The third kappa shape index (κ3) is 1.34. The monoisotopic (exact) mass is 178 g/mol. The van der Waals surface area contributed by atoms with Crippen LogP contribution in [0.4, 0.5) is 18.9 Å². The molecule has 1 heterocycles. The summed E-state index contributed by atoms with van der Waals surface area (Å²) in [4.78, 5) is 11.1. The molecule has 0 N–H and O–H groups in total. The second-order valence-electron chi connectivity index (χ2n) is 1.83. The molecule has 0 unspecified atom stereocenters. The van der Waals surface area contributed by atoms with Crippen molar-refractivity contribution in [1.82, 2.24) is 4.98 Å². The number of hydrogen-bond donors (Lipinski definition) is 0. The maximum Gasteiger partial charge on any atom is 0.314 e. The highest BCUT2D eigenvalue weighted by atomic mass is 19.2. The summed E-state index contributed by atoms with van der Waals surface area (Å²) in [6.07, 6.45) is 0. The Labute approximate surface area is 63.8 Å². The molecular formula is C5HF3N2O2. The quantitative estimate of drug-likeness (QED) is 0.371. The maximum absolute atomic E-state index is 12.4. The lowest BCUT2D eigenvalue weighted by Crippen LogP contribution is -2.00. The highest BCUT2D eigenvalue weighted by molar-refractivity contribution is 5.29. The summed E-state index contributed by atoms with van der Waals surface area (Å²) in [7, 11) is 0. The Morgan fingerprint density at radius 1 is 1.42 bits per heavy atom. The Bertz CT molecular complexity index is 342. The average molecular weight is 178 g/mol. The van der Waals surface area contributed by atoms with Crippen molar-refractivity contribution in [2.75, 3.05) is 0 Å². The number of pyridine rings is 1. The van der Waals surface area contributed by atoms with Crippen molar-refractivity contribution in [2.45, 2.75) is 0 Å². The topological polar surface area (TPSA) is 56.0 Å². The molecule has 0 saturated carbocycles. The summed E-state index contributed by atoms with van der Waals surface area (Å²) < 4.78 is 36.7. The van der Waals surface area contributed by atoms with E-state index in [0.29, 0.717) is 0 Å². The van der Waals surface area contributed by atoms with Crippen molar-refractivity contribution in [3.8, 4) is 0 Å². The highest BCUT2D eigenvalue weighted by Gasteiger charge is 2.21. The molecule has 1 aromatic rings. The second kappa shape index (κ2) is 2.76. The Morgan fingerprint density at radius 2 is 2.00 bits per heavy atom. The largest absolute Gasteiger partial charge is 0.314 e. The lowest BCUT2D eigenvalue weighted by Gasteiger charge is -1.93. The summed E-state index contributed by atoms with van der Waals surface area (Å²) in [5.41, 5.74) is -1.26. The van der Waals surface area contributed by atoms with Gasteiger partial charge >= 0.3 is 5.69 Å². The normalized spacial score (nSPS) is 9.92. The third-order valence-electron chi connectivity index (χ3n) is 1.06. The van der Waals surface area contributed by atoms with Crippen molar-refractivity contribution >= 4 is 5.69 Å². The molecular weight excluding hydrogens is 177 g/mol. The molecule has 0 fully saturated rings. The second-order valence-corrected chi connectivity index (χ2v) is 1.83. The summed E-state index contributed by atoms with van der Waals surface area (Å²) in [5, 5.41) is 9.93. The molecule has 0 amide bonds. The number of aromatic nitrogens is 1. The SMILES string of the molecule is O=[N+]([O-])c1cc(F)nc(F)c1F. The molecule has 0 saturated heterocycles.